The number of hydrogen-bond donors (Lipinski definition) is 1. The lowest BCUT2D eigenvalue weighted by atomic mass is 10.2. The average Bonchev–Trinajstić information content (AvgIpc) is 2.98. The molecule has 1 N–H and O–H groups in total. The van der Waals surface area contributed by atoms with Crippen LogP contribution >= 0.6 is 11.3 Å². The number of thiazole rings is 1. The summed E-state index contributed by atoms with van der Waals surface area (Å²) in [6, 6.07) is 10.2. The van der Waals surface area contributed by atoms with Gasteiger partial charge >= 0.3 is 0 Å². The van der Waals surface area contributed by atoms with Crippen LogP contribution in [0.2, 0.25) is 0 Å². The summed E-state index contributed by atoms with van der Waals surface area (Å²) in [5.74, 6) is -0.871. The van der Waals surface area contributed by atoms with Gasteiger partial charge in [0.15, 0.2) is 0 Å². The number of rotatable bonds is 5. The van der Waals surface area contributed by atoms with Crippen molar-refractivity contribution >= 4 is 38.6 Å². The van der Waals surface area contributed by atoms with E-state index >= 15 is 0 Å². The highest BCUT2D eigenvalue weighted by atomic mass is 32.1. The fourth-order valence-corrected chi connectivity index (χ4v) is 2.87. The Morgan fingerprint density at radius 1 is 1.38 bits per heavy atom. The predicted molar refractivity (Wildman–Crippen MR) is 89.9 cm³/mol. The third-order valence-electron chi connectivity index (χ3n) is 3.14. The van der Waals surface area contributed by atoms with Crippen molar-refractivity contribution in [1.82, 2.24) is 4.98 Å². The molecule has 9 heteroatoms. The molecule has 8 nitrogen and oxygen atoms in total. The number of aromatic nitrogens is 1. The first-order valence-electron chi connectivity index (χ1n) is 6.76. The molecule has 0 atom stereocenters. The van der Waals surface area contributed by atoms with E-state index in [1.165, 1.54) is 30.7 Å². The molecule has 0 bridgehead atoms. The van der Waals surface area contributed by atoms with Crippen LogP contribution in [-0.2, 0) is 0 Å². The lowest BCUT2D eigenvalue weighted by molar-refractivity contribution is -0.398. The molecular weight excluding hydrogens is 332 g/mol. The van der Waals surface area contributed by atoms with E-state index in [1.807, 2.05) is 24.3 Å². The highest BCUT2D eigenvalue weighted by Gasteiger charge is 2.12. The number of fused-ring (bicyclic) bond motifs is 1. The van der Waals surface area contributed by atoms with Gasteiger partial charge in [0.05, 0.1) is 28.5 Å². The molecular formula is C15H11N4O4S-. The monoisotopic (exact) mass is 343 g/mol. The summed E-state index contributed by atoms with van der Waals surface area (Å²) in [5, 5.41) is 27.3. The number of methoxy groups -OCH3 is 1. The molecule has 122 valence electrons. The van der Waals surface area contributed by atoms with Crippen molar-refractivity contribution in [1.29, 1.82) is 0 Å². The Kier molecular flexibility index (Phi) is 4.25. The molecule has 3 aromatic rings. The summed E-state index contributed by atoms with van der Waals surface area (Å²) < 4.78 is 5.89. The van der Waals surface area contributed by atoms with Crippen LogP contribution in [0.15, 0.2) is 41.5 Å². The van der Waals surface area contributed by atoms with Gasteiger partial charge in [0.25, 0.3) is 5.69 Å². The number of para-hydroxylation sites is 1. The van der Waals surface area contributed by atoms with Gasteiger partial charge in [-0.25, -0.2) is 4.98 Å². The number of nitro groups is 1. The van der Waals surface area contributed by atoms with E-state index in [2.05, 4.69) is 15.5 Å². The normalized spacial score (nSPS) is 11.0. The molecule has 0 aliphatic carbocycles. The lowest BCUT2D eigenvalue weighted by Gasteiger charge is -2.12. The molecule has 0 saturated carbocycles. The van der Waals surface area contributed by atoms with Gasteiger partial charge in [-0.1, -0.05) is 23.5 Å². The fraction of sp³-hybridized carbons (Fsp3) is 0.0667. The van der Waals surface area contributed by atoms with Crippen molar-refractivity contribution in [3.8, 4) is 11.5 Å². The van der Waals surface area contributed by atoms with Crippen molar-refractivity contribution < 1.29 is 14.8 Å². The van der Waals surface area contributed by atoms with Crippen molar-refractivity contribution in [2.24, 2.45) is 5.10 Å². The smallest absolute Gasteiger partial charge is 0.266 e. The van der Waals surface area contributed by atoms with Gasteiger partial charge in [-0.2, -0.15) is 5.10 Å². The zero-order chi connectivity index (χ0) is 17.1. The minimum atomic E-state index is -0.765. The first-order chi connectivity index (χ1) is 11.6. The fourth-order valence-electron chi connectivity index (χ4n) is 2.05. The molecule has 0 aliphatic rings. The Balaban J connectivity index is 1.83. The van der Waals surface area contributed by atoms with Crippen molar-refractivity contribution in [3.63, 3.8) is 0 Å². The summed E-state index contributed by atoms with van der Waals surface area (Å²) in [6.45, 7) is 0. The Bertz CT molecular complexity index is 905. The van der Waals surface area contributed by atoms with E-state index in [1.54, 1.807) is 0 Å². The van der Waals surface area contributed by atoms with Crippen molar-refractivity contribution in [3.05, 3.63) is 52.1 Å². The van der Waals surface area contributed by atoms with E-state index in [9.17, 15) is 15.2 Å². The van der Waals surface area contributed by atoms with Gasteiger partial charge in [0, 0.05) is 17.4 Å². The SMILES string of the molecule is COc1cc(C=NNc2nc3ccccc3s2)cc([N+](=O)[O-])c1[O-]. The maximum atomic E-state index is 11.8. The van der Waals surface area contributed by atoms with Gasteiger partial charge in [0.2, 0.25) is 5.13 Å². The summed E-state index contributed by atoms with van der Waals surface area (Å²) in [6.07, 6.45) is 1.36. The highest BCUT2D eigenvalue weighted by Crippen LogP contribution is 2.34. The second-order valence-corrected chi connectivity index (χ2v) is 5.72. The van der Waals surface area contributed by atoms with Crippen LogP contribution in [0.3, 0.4) is 0 Å². The Hall–Kier alpha value is -3.20. The number of nitrogens with one attached hydrogen (secondary N) is 1. The van der Waals surface area contributed by atoms with Crippen LogP contribution in [0.1, 0.15) is 5.56 Å². The van der Waals surface area contributed by atoms with E-state index in [4.69, 9.17) is 4.74 Å². The molecule has 1 heterocycles. The number of nitrogens with zero attached hydrogens (tertiary/aromatic N) is 3. The Labute approximate surface area is 140 Å². The number of anilines is 1. The minimum absolute atomic E-state index is 0.106. The zero-order valence-electron chi connectivity index (χ0n) is 12.4. The molecule has 0 amide bonds. The van der Waals surface area contributed by atoms with E-state index in [0.717, 1.165) is 16.3 Å². The highest BCUT2D eigenvalue weighted by molar-refractivity contribution is 7.22. The third-order valence-corrected chi connectivity index (χ3v) is 4.08. The van der Waals surface area contributed by atoms with Crippen LogP contribution < -0.4 is 15.3 Å². The number of hydrogen-bond acceptors (Lipinski definition) is 8. The van der Waals surface area contributed by atoms with Crippen LogP contribution in [0.5, 0.6) is 11.5 Å². The minimum Gasteiger partial charge on any atom is -0.865 e. The quantitative estimate of drug-likeness (QED) is 0.433. The first-order valence-corrected chi connectivity index (χ1v) is 7.58. The summed E-state index contributed by atoms with van der Waals surface area (Å²) in [5.41, 5.74) is 3.43. The van der Waals surface area contributed by atoms with E-state index < -0.39 is 16.4 Å². The molecule has 3 rings (SSSR count). The number of benzene rings is 2. The van der Waals surface area contributed by atoms with Gasteiger partial charge in [-0.15, -0.1) is 0 Å². The standard InChI is InChI=1S/C15H12N4O4S/c1-23-12-7-9(6-11(14(12)20)19(21)22)8-16-18-15-17-10-4-2-3-5-13(10)24-15/h2-8,20H,1H3,(H,17,18)/p-1. The molecule has 2 aromatic carbocycles. The maximum Gasteiger partial charge on any atom is 0.266 e. The number of ether oxygens (including phenoxy) is 1. The van der Waals surface area contributed by atoms with Gasteiger partial charge in [-0.3, -0.25) is 15.5 Å². The van der Waals surface area contributed by atoms with E-state index in [-0.39, 0.29) is 5.75 Å². The van der Waals surface area contributed by atoms with Crippen LogP contribution in [0.4, 0.5) is 10.8 Å². The van der Waals surface area contributed by atoms with Crippen molar-refractivity contribution in [2.45, 2.75) is 0 Å². The average molecular weight is 343 g/mol. The van der Waals surface area contributed by atoms with Gasteiger partial charge < -0.3 is 9.84 Å². The lowest BCUT2D eigenvalue weighted by Crippen LogP contribution is -2.02. The molecule has 24 heavy (non-hydrogen) atoms. The molecule has 0 spiro atoms. The molecule has 0 radical (unpaired) electrons. The molecule has 0 aliphatic heterocycles. The first kappa shape index (κ1) is 15.7. The number of nitro benzene ring substituents is 1. The van der Waals surface area contributed by atoms with Crippen LogP contribution in [-0.4, -0.2) is 23.2 Å². The zero-order valence-corrected chi connectivity index (χ0v) is 13.2. The summed E-state index contributed by atoms with van der Waals surface area (Å²) >= 11 is 1.43. The topological polar surface area (TPSA) is 113 Å². The van der Waals surface area contributed by atoms with Crippen LogP contribution in [0, 0.1) is 10.1 Å². The molecule has 0 unspecified atom stereocenters. The predicted octanol–water partition coefficient (Wildman–Crippen LogP) is 2.73. The molecule has 1 aromatic heterocycles. The van der Waals surface area contributed by atoms with Crippen molar-refractivity contribution in [2.75, 3.05) is 12.5 Å². The largest absolute Gasteiger partial charge is 0.865 e. The van der Waals surface area contributed by atoms with E-state index in [0.29, 0.717) is 10.7 Å². The summed E-state index contributed by atoms with van der Waals surface area (Å²) in [4.78, 5) is 14.5. The van der Waals surface area contributed by atoms with Gasteiger partial charge in [-0.05, 0) is 18.2 Å². The maximum absolute atomic E-state index is 11.8. The third kappa shape index (κ3) is 3.10. The number of hydrazone groups is 1. The molecule has 0 saturated heterocycles. The second-order valence-electron chi connectivity index (χ2n) is 4.69. The molecule has 0 fully saturated rings. The van der Waals surface area contributed by atoms with Crippen LogP contribution in [0.25, 0.3) is 10.2 Å². The second kappa shape index (κ2) is 6.50. The summed E-state index contributed by atoms with van der Waals surface area (Å²) in [7, 11) is 1.28. The van der Waals surface area contributed by atoms with Gasteiger partial charge in [0.1, 0.15) is 5.75 Å². The Morgan fingerprint density at radius 3 is 2.88 bits per heavy atom. The Morgan fingerprint density at radius 2 is 2.17 bits per heavy atom.